The maximum absolute atomic E-state index is 5.77. The largest absolute Gasteiger partial charge is 0.399 e. The first-order valence-electron chi connectivity index (χ1n) is 5.62. The van der Waals surface area contributed by atoms with E-state index < -0.39 is 0 Å². The fraction of sp³-hybridized carbons (Fsp3) is 0.500. The van der Waals surface area contributed by atoms with Crippen molar-refractivity contribution in [3.05, 3.63) is 29.8 Å². The molecule has 3 heterocycles. The molecule has 3 aliphatic rings. The van der Waals surface area contributed by atoms with Gasteiger partial charge in [0.25, 0.3) is 0 Å². The maximum atomic E-state index is 5.77. The summed E-state index contributed by atoms with van der Waals surface area (Å²) in [5.41, 5.74) is 7.97. The number of fused-ring (bicyclic) bond motifs is 2. The first-order valence-corrected chi connectivity index (χ1v) is 5.62. The van der Waals surface area contributed by atoms with E-state index in [1.165, 1.54) is 25.1 Å². The molecule has 15 heavy (non-hydrogen) atoms. The lowest BCUT2D eigenvalue weighted by molar-refractivity contribution is 0.0726. The third-order valence-electron chi connectivity index (χ3n) is 3.35. The Kier molecular flexibility index (Phi) is 2.15. The quantitative estimate of drug-likeness (QED) is 0.699. The summed E-state index contributed by atoms with van der Waals surface area (Å²) in [6, 6.07) is 9.69. The van der Waals surface area contributed by atoms with E-state index in [4.69, 9.17) is 5.73 Å². The van der Waals surface area contributed by atoms with Gasteiger partial charge >= 0.3 is 0 Å². The number of nitrogen functional groups attached to an aromatic ring is 1. The molecule has 3 N–H and O–H groups in total. The molecule has 1 aromatic carbocycles. The van der Waals surface area contributed by atoms with Crippen LogP contribution in [0.1, 0.15) is 12.0 Å². The molecule has 0 radical (unpaired) electrons. The average molecular weight is 203 g/mol. The van der Waals surface area contributed by atoms with Crippen LogP contribution in [0.2, 0.25) is 0 Å². The van der Waals surface area contributed by atoms with Gasteiger partial charge < -0.3 is 11.1 Å². The molecular formula is C12H17N3. The molecule has 2 bridgehead atoms. The van der Waals surface area contributed by atoms with Crippen molar-refractivity contribution in [1.82, 2.24) is 10.2 Å². The molecule has 3 aliphatic heterocycles. The second-order valence-electron chi connectivity index (χ2n) is 4.74. The van der Waals surface area contributed by atoms with Crippen molar-refractivity contribution in [3.63, 3.8) is 0 Å². The Hall–Kier alpha value is -1.06. The van der Waals surface area contributed by atoms with E-state index in [0.29, 0.717) is 0 Å². The monoisotopic (exact) mass is 203 g/mol. The maximum Gasteiger partial charge on any atom is 0.0317 e. The van der Waals surface area contributed by atoms with Crippen LogP contribution in [-0.2, 0) is 6.54 Å². The molecule has 1 aromatic rings. The molecule has 2 atom stereocenters. The van der Waals surface area contributed by atoms with E-state index in [0.717, 1.165) is 24.3 Å². The number of piperidine rings is 1. The van der Waals surface area contributed by atoms with Crippen LogP contribution in [0.25, 0.3) is 0 Å². The Morgan fingerprint density at radius 2 is 2.07 bits per heavy atom. The molecule has 3 saturated heterocycles. The predicted molar refractivity (Wildman–Crippen MR) is 61.5 cm³/mol. The normalized spacial score (nSPS) is 29.9. The van der Waals surface area contributed by atoms with E-state index in [-0.39, 0.29) is 0 Å². The minimum Gasteiger partial charge on any atom is -0.399 e. The predicted octanol–water partition coefficient (Wildman–Crippen LogP) is 0.815. The average Bonchev–Trinajstić information content (AvgIpc) is 2.16. The van der Waals surface area contributed by atoms with Crippen LogP contribution in [0, 0.1) is 0 Å². The van der Waals surface area contributed by atoms with Gasteiger partial charge in [0.15, 0.2) is 0 Å². The van der Waals surface area contributed by atoms with Crippen LogP contribution in [0.5, 0.6) is 0 Å². The minimum absolute atomic E-state index is 0.741. The number of benzene rings is 1. The summed E-state index contributed by atoms with van der Waals surface area (Å²) in [5, 5.41) is 3.54. The number of piperazine rings is 1. The number of nitrogens with one attached hydrogen (secondary N) is 1. The molecule has 0 spiro atoms. The molecule has 3 nitrogen and oxygen atoms in total. The smallest absolute Gasteiger partial charge is 0.0317 e. The summed E-state index contributed by atoms with van der Waals surface area (Å²) in [6.45, 7) is 3.41. The Labute approximate surface area is 90.3 Å². The van der Waals surface area contributed by atoms with Gasteiger partial charge in [0.1, 0.15) is 0 Å². The lowest BCUT2D eigenvalue weighted by Crippen LogP contribution is -2.66. The van der Waals surface area contributed by atoms with E-state index in [2.05, 4.69) is 22.3 Å². The van der Waals surface area contributed by atoms with Gasteiger partial charge in [-0.1, -0.05) is 12.1 Å². The van der Waals surface area contributed by atoms with Crippen LogP contribution >= 0.6 is 0 Å². The zero-order valence-corrected chi connectivity index (χ0v) is 8.82. The highest BCUT2D eigenvalue weighted by Crippen LogP contribution is 2.22. The van der Waals surface area contributed by atoms with Gasteiger partial charge in [-0.05, 0) is 24.1 Å². The summed E-state index contributed by atoms with van der Waals surface area (Å²) in [4.78, 5) is 2.52. The summed E-state index contributed by atoms with van der Waals surface area (Å²) in [5.74, 6) is 0. The van der Waals surface area contributed by atoms with Crippen molar-refractivity contribution >= 4 is 5.69 Å². The molecule has 2 unspecified atom stereocenters. The standard InChI is InChI=1S/C12H17N3/c13-10-3-1-2-9(4-10)6-15-7-11-5-12(8-15)14-11/h1-4,11-12,14H,5-8,13H2. The zero-order valence-electron chi connectivity index (χ0n) is 8.82. The van der Waals surface area contributed by atoms with Gasteiger partial charge in [-0.2, -0.15) is 0 Å². The van der Waals surface area contributed by atoms with Crippen molar-refractivity contribution in [2.45, 2.75) is 25.0 Å². The topological polar surface area (TPSA) is 41.3 Å². The molecule has 0 saturated carbocycles. The molecule has 3 heteroatoms. The third kappa shape index (κ3) is 1.85. The van der Waals surface area contributed by atoms with Gasteiger partial charge in [0, 0.05) is 37.4 Å². The summed E-state index contributed by atoms with van der Waals surface area (Å²) >= 11 is 0. The van der Waals surface area contributed by atoms with E-state index >= 15 is 0 Å². The van der Waals surface area contributed by atoms with Gasteiger partial charge in [0.2, 0.25) is 0 Å². The Bertz CT molecular complexity index is 348. The minimum atomic E-state index is 0.741. The molecule has 3 fully saturated rings. The SMILES string of the molecule is Nc1cccc(CN2CC3CC(C2)N3)c1. The molecule has 80 valence electrons. The summed E-state index contributed by atoms with van der Waals surface area (Å²) in [6.07, 6.45) is 1.37. The molecule has 0 amide bonds. The number of nitrogens with zero attached hydrogens (tertiary/aromatic N) is 1. The highest BCUT2D eigenvalue weighted by molar-refractivity contribution is 5.40. The van der Waals surface area contributed by atoms with Crippen molar-refractivity contribution in [1.29, 1.82) is 0 Å². The van der Waals surface area contributed by atoms with Crippen LogP contribution < -0.4 is 11.1 Å². The molecule has 0 aliphatic carbocycles. The number of anilines is 1. The first kappa shape index (κ1) is 9.19. The van der Waals surface area contributed by atoms with Crippen LogP contribution in [0.4, 0.5) is 5.69 Å². The Morgan fingerprint density at radius 1 is 1.33 bits per heavy atom. The van der Waals surface area contributed by atoms with Crippen LogP contribution in [0.15, 0.2) is 24.3 Å². The lowest BCUT2D eigenvalue weighted by atomic mass is 9.91. The van der Waals surface area contributed by atoms with Crippen molar-refractivity contribution in [3.8, 4) is 0 Å². The molecular weight excluding hydrogens is 186 g/mol. The third-order valence-corrected chi connectivity index (χ3v) is 3.35. The number of hydrogen-bond donors (Lipinski definition) is 2. The second-order valence-corrected chi connectivity index (χ2v) is 4.74. The Balaban J connectivity index is 1.65. The van der Waals surface area contributed by atoms with Crippen molar-refractivity contribution in [2.24, 2.45) is 0 Å². The van der Waals surface area contributed by atoms with Crippen molar-refractivity contribution in [2.75, 3.05) is 18.8 Å². The number of hydrogen-bond acceptors (Lipinski definition) is 3. The van der Waals surface area contributed by atoms with E-state index in [1.807, 2.05) is 12.1 Å². The van der Waals surface area contributed by atoms with Crippen LogP contribution in [0.3, 0.4) is 0 Å². The number of rotatable bonds is 2. The highest BCUT2D eigenvalue weighted by Gasteiger charge is 2.35. The fourth-order valence-electron chi connectivity index (χ4n) is 2.68. The van der Waals surface area contributed by atoms with Gasteiger partial charge in [-0.25, -0.2) is 0 Å². The molecule has 4 rings (SSSR count). The second kappa shape index (κ2) is 3.51. The summed E-state index contributed by atoms with van der Waals surface area (Å²) in [7, 11) is 0. The van der Waals surface area contributed by atoms with E-state index in [1.54, 1.807) is 0 Å². The zero-order chi connectivity index (χ0) is 10.3. The van der Waals surface area contributed by atoms with Crippen LogP contribution in [-0.4, -0.2) is 30.1 Å². The lowest BCUT2D eigenvalue weighted by Gasteiger charge is -2.48. The first-order chi connectivity index (χ1) is 7.29. The summed E-state index contributed by atoms with van der Waals surface area (Å²) < 4.78 is 0. The van der Waals surface area contributed by atoms with E-state index in [9.17, 15) is 0 Å². The van der Waals surface area contributed by atoms with Gasteiger partial charge in [0.05, 0.1) is 0 Å². The van der Waals surface area contributed by atoms with Gasteiger partial charge in [-0.15, -0.1) is 0 Å². The van der Waals surface area contributed by atoms with Crippen molar-refractivity contribution < 1.29 is 0 Å². The van der Waals surface area contributed by atoms with Gasteiger partial charge in [-0.3, -0.25) is 4.90 Å². The number of nitrogens with two attached hydrogens (primary N) is 1. The Morgan fingerprint density at radius 3 is 2.73 bits per heavy atom. The highest BCUT2D eigenvalue weighted by atomic mass is 15.3. The molecule has 0 aromatic heterocycles. The fourth-order valence-corrected chi connectivity index (χ4v) is 2.68.